The third-order valence-corrected chi connectivity index (χ3v) is 4.03. The number of nitrogens with one attached hydrogen (secondary N) is 1. The highest BCUT2D eigenvalue weighted by Gasteiger charge is 2.30. The molecule has 22 heavy (non-hydrogen) atoms. The zero-order valence-corrected chi connectivity index (χ0v) is 12.7. The van der Waals surface area contributed by atoms with Crippen LogP contribution >= 0.6 is 0 Å². The van der Waals surface area contributed by atoms with Crippen LogP contribution < -0.4 is 5.32 Å². The van der Waals surface area contributed by atoms with Crippen molar-refractivity contribution in [1.82, 2.24) is 24.6 Å². The Kier molecular flexibility index (Phi) is 3.70. The van der Waals surface area contributed by atoms with Crippen LogP contribution in [0.25, 0.3) is 0 Å². The summed E-state index contributed by atoms with van der Waals surface area (Å²) in [5.41, 5.74) is 1.59. The van der Waals surface area contributed by atoms with Crippen molar-refractivity contribution in [2.24, 2.45) is 7.05 Å². The first kappa shape index (κ1) is 14.4. The lowest BCUT2D eigenvalue weighted by molar-refractivity contribution is -0.121. The lowest BCUT2D eigenvalue weighted by Gasteiger charge is -2.33. The van der Waals surface area contributed by atoms with Gasteiger partial charge in [-0.25, -0.2) is 0 Å². The molecular formula is C15H19N5O2. The van der Waals surface area contributed by atoms with Crippen LogP contribution in [0.4, 0.5) is 0 Å². The molecule has 0 fully saturated rings. The quantitative estimate of drug-likeness (QED) is 0.900. The summed E-state index contributed by atoms with van der Waals surface area (Å²) < 4.78 is 3.66. The van der Waals surface area contributed by atoms with Gasteiger partial charge in [0.15, 0.2) is 0 Å². The minimum atomic E-state index is -0.136. The Hall–Kier alpha value is -2.57. The average molecular weight is 301 g/mol. The molecule has 7 nitrogen and oxygen atoms in total. The molecule has 3 rings (SSSR count). The third kappa shape index (κ3) is 2.49. The summed E-state index contributed by atoms with van der Waals surface area (Å²) in [7, 11) is 3.46. The van der Waals surface area contributed by atoms with E-state index in [1.54, 1.807) is 18.1 Å². The molecule has 0 radical (unpaired) electrons. The maximum Gasteiger partial charge on any atom is 0.270 e. The number of rotatable bonds is 3. The number of aryl methyl sites for hydroxylation is 1. The maximum atomic E-state index is 12.7. The first-order valence-electron chi connectivity index (χ1n) is 7.23. The van der Waals surface area contributed by atoms with E-state index in [-0.39, 0.29) is 17.9 Å². The van der Waals surface area contributed by atoms with Crippen LogP contribution in [0.1, 0.15) is 28.6 Å². The van der Waals surface area contributed by atoms with Gasteiger partial charge in [-0.05, 0) is 18.2 Å². The smallest absolute Gasteiger partial charge is 0.270 e. The predicted molar refractivity (Wildman–Crippen MR) is 80.1 cm³/mol. The number of nitrogens with zero attached hydrogens (tertiary/aromatic N) is 4. The van der Waals surface area contributed by atoms with Gasteiger partial charge in [0, 0.05) is 33.0 Å². The molecule has 3 heterocycles. The number of carbonyl (C=O) groups excluding carboxylic acids is 2. The van der Waals surface area contributed by atoms with Crippen molar-refractivity contribution < 1.29 is 9.59 Å². The van der Waals surface area contributed by atoms with Gasteiger partial charge in [-0.15, -0.1) is 0 Å². The second kappa shape index (κ2) is 5.67. The predicted octanol–water partition coefficient (Wildman–Crippen LogP) is 0.555. The summed E-state index contributed by atoms with van der Waals surface area (Å²) in [6, 6.07) is 5.41. The summed E-state index contributed by atoms with van der Waals surface area (Å²) in [6.45, 7) is 0.986. The molecule has 116 valence electrons. The second-order valence-electron chi connectivity index (χ2n) is 5.49. The zero-order chi connectivity index (χ0) is 15.7. The Bertz CT molecular complexity index is 702. The van der Waals surface area contributed by atoms with E-state index >= 15 is 0 Å². The molecule has 1 aliphatic rings. The number of amides is 2. The Labute approximate surface area is 128 Å². The SMILES string of the molecule is CNC(=O)C[C@H]1CN(C(=O)c2cccn2C)Cc2ccnn21. The Balaban J connectivity index is 1.85. The topological polar surface area (TPSA) is 72.2 Å². The van der Waals surface area contributed by atoms with E-state index < -0.39 is 0 Å². The monoisotopic (exact) mass is 301 g/mol. The lowest BCUT2D eigenvalue weighted by atomic mass is 10.1. The molecule has 2 aromatic heterocycles. The van der Waals surface area contributed by atoms with Crippen molar-refractivity contribution >= 4 is 11.8 Å². The highest BCUT2D eigenvalue weighted by atomic mass is 16.2. The Morgan fingerprint density at radius 1 is 1.41 bits per heavy atom. The van der Waals surface area contributed by atoms with Crippen molar-refractivity contribution in [1.29, 1.82) is 0 Å². The lowest BCUT2D eigenvalue weighted by Crippen LogP contribution is -2.43. The summed E-state index contributed by atoms with van der Waals surface area (Å²) in [5, 5.41) is 6.92. The van der Waals surface area contributed by atoms with Crippen molar-refractivity contribution in [2.75, 3.05) is 13.6 Å². The van der Waals surface area contributed by atoms with E-state index in [1.807, 2.05) is 40.7 Å². The van der Waals surface area contributed by atoms with E-state index in [1.165, 1.54) is 0 Å². The highest BCUT2D eigenvalue weighted by Crippen LogP contribution is 2.24. The van der Waals surface area contributed by atoms with E-state index in [0.717, 1.165) is 5.69 Å². The van der Waals surface area contributed by atoms with Gasteiger partial charge in [-0.2, -0.15) is 5.10 Å². The van der Waals surface area contributed by atoms with Crippen LogP contribution in [-0.4, -0.2) is 44.7 Å². The van der Waals surface area contributed by atoms with Gasteiger partial charge < -0.3 is 14.8 Å². The number of hydrogen-bond donors (Lipinski definition) is 1. The molecule has 0 spiro atoms. The second-order valence-corrected chi connectivity index (χ2v) is 5.49. The van der Waals surface area contributed by atoms with Gasteiger partial charge in [-0.1, -0.05) is 0 Å². The van der Waals surface area contributed by atoms with Crippen molar-refractivity contribution in [3.05, 3.63) is 42.0 Å². The van der Waals surface area contributed by atoms with Crippen LogP contribution in [0.15, 0.2) is 30.6 Å². The van der Waals surface area contributed by atoms with Crippen LogP contribution in [0.2, 0.25) is 0 Å². The summed E-state index contributed by atoms with van der Waals surface area (Å²) in [4.78, 5) is 26.2. The molecule has 2 amide bonds. The van der Waals surface area contributed by atoms with Crippen LogP contribution in [0.5, 0.6) is 0 Å². The Morgan fingerprint density at radius 3 is 2.91 bits per heavy atom. The van der Waals surface area contributed by atoms with Crippen LogP contribution in [0.3, 0.4) is 0 Å². The molecular weight excluding hydrogens is 282 g/mol. The van der Waals surface area contributed by atoms with Crippen LogP contribution in [-0.2, 0) is 18.4 Å². The molecule has 0 unspecified atom stereocenters. The Morgan fingerprint density at radius 2 is 2.23 bits per heavy atom. The molecule has 1 aliphatic heterocycles. The van der Waals surface area contributed by atoms with E-state index in [0.29, 0.717) is 25.2 Å². The molecule has 1 N–H and O–H groups in total. The normalized spacial score (nSPS) is 17.2. The summed E-state index contributed by atoms with van der Waals surface area (Å²) in [6.07, 6.45) is 3.87. The molecule has 0 saturated carbocycles. The van der Waals surface area contributed by atoms with Crippen molar-refractivity contribution in [2.45, 2.75) is 19.0 Å². The fourth-order valence-electron chi connectivity index (χ4n) is 2.85. The molecule has 2 aromatic rings. The third-order valence-electron chi connectivity index (χ3n) is 4.03. The largest absolute Gasteiger partial charge is 0.359 e. The van der Waals surface area contributed by atoms with Gasteiger partial charge in [-0.3, -0.25) is 14.3 Å². The number of aromatic nitrogens is 3. The number of hydrogen-bond acceptors (Lipinski definition) is 3. The minimum Gasteiger partial charge on any atom is -0.359 e. The first-order chi connectivity index (χ1) is 10.6. The van der Waals surface area contributed by atoms with E-state index in [2.05, 4.69) is 10.4 Å². The first-order valence-corrected chi connectivity index (χ1v) is 7.23. The molecule has 0 bridgehead atoms. The molecule has 7 heteroatoms. The van der Waals surface area contributed by atoms with Crippen LogP contribution in [0, 0.1) is 0 Å². The number of carbonyl (C=O) groups is 2. The van der Waals surface area contributed by atoms with Crippen molar-refractivity contribution in [3.63, 3.8) is 0 Å². The van der Waals surface area contributed by atoms with Gasteiger partial charge in [0.05, 0.1) is 24.7 Å². The van der Waals surface area contributed by atoms with Gasteiger partial charge in [0.1, 0.15) is 5.69 Å². The number of fused-ring (bicyclic) bond motifs is 1. The molecule has 0 aliphatic carbocycles. The maximum absolute atomic E-state index is 12.7. The molecule has 0 aromatic carbocycles. The van der Waals surface area contributed by atoms with Crippen molar-refractivity contribution in [3.8, 4) is 0 Å². The van der Waals surface area contributed by atoms with E-state index in [9.17, 15) is 9.59 Å². The van der Waals surface area contributed by atoms with Gasteiger partial charge in [0.25, 0.3) is 5.91 Å². The highest BCUT2D eigenvalue weighted by molar-refractivity contribution is 5.92. The minimum absolute atomic E-state index is 0.0261. The van der Waals surface area contributed by atoms with Gasteiger partial charge >= 0.3 is 0 Å². The fraction of sp³-hybridized carbons (Fsp3) is 0.400. The van der Waals surface area contributed by atoms with Gasteiger partial charge in [0.2, 0.25) is 5.91 Å². The molecule has 0 saturated heterocycles. The zero-order valence-electron chi connectivity index (χ0n) is 12.7. The average Bonchev–Trinajstić information content (AvgIpc) is 3.14. The summed E-state index contributed by atoms with van der Waals surface area (Å²) >= 11 is 0. The summed E-state index contributed by atoms with van der Waals surface area (Å²) in [5.74, 6) is -0.0820. The molecule has 1 atom stereocenters. The standard InChI is InChI=1S/C15H19N5O2/c1-16-14(21)8-12-10-19(9-11-5-6-17-20(11)12)15(22)13-4-3-7-18(13)2/h3-7,12H,8-10H2,1-2H3,(H,16,21)/t12-/m0/s1. The fourth-order valence-corrected chi connectivity index (χ4v) is 2.85. The van der Waals surface area contributed by atoms with E-state index in [4.69, 9.17) is 0 Å².